The van der Waals surface area contributed by atoms with Crippen LogP contribution in [0.2, 0.25) is 0 Å². The van der Waals surface area contributed by atoms with Crippen molar-refractivity contribution in [1.29, 1.82) is 0 Å². The number of ether oxygens (including phenoxy) is 1. The first-order valence-electron chi connectivity index (χ1n) is 7.14. The van der Waals surface area contributed by atoms with Gasteiger partial charge in [0.05, 0.1) is 12.3 Å². The summed E-state index contributed by atoms with van der Waals surface area (Å²) in [5.74, 6) is 0.646. The predicted molar refractivity (Wildman–Crippen MR) is 77.4 cm³/mol. The van der Waals surface area contributed by atoms with E-state index >= 15 is 0 Å². The highest BCUT2D eigenvalue weighted by molar-refractivity contribution is 7.17. The zero-order valence-electron chi connectivity index (χ0n) is 11.7. The molecule has 2 saturated carbocycles. The van der Waals surface area contributed by atoms with Crippen molar-refractivity contribution in [3.8, 4) is 0 Å². The molecule has 20 heavy (non-hydrogen) atoms. The summed E-state index contributed by atoms with van der Waals surface area (Å²) >= 11 is 1.29. The van der Waals surface area contributed by atoms with Gasteiger partial charge in [-0.2, -0.15) is 0 Å². The monoisotopic (exact) mass is 296 g/mol. The molecule has 1 N–H and O–H groups in total. The van der Waals surface area contributed by atoms with E-state index in [1.54, 1.807) is 7.11 Å². The van der Waals surface area contributed by atoms with E-state index in [1.165, 1.54) is 37.0 Å². The minimum Gasteiger partial charge on any atom is -0.477 e. The van der Waals surface area contributed by atoms with Crippen LogP contribution in [0.5, 0.6) is 0 Å². The summed E-state index contributed by atoms with van der Waals surface area (Å²) in [4.78, 5) is 18.4. The lowest BCUT2D eigenvalue weighted by atomic mass is 10.3. The van der Waals surface area contributed by atoms with E-state index in [0.29, 0.717) is 10.6 Å². The SMILES string of the molecule is COCc1nc(N(CC2CC2)CC2CC2)sc1C(=O)O. The largest absolute Gasteiger partial charge is 0.477 e. The standard InChI is InChI=1S/C14H20N2O3S/c1-19-8-11-12(13(17)18)20-14(15-11)16(6-9-2-3-9)7-10-4-5-10/h9-10H,2-8H2,1H3,(H,17,18). The zero-order valence-corrected chi connectivity index (χ0v) is 12.5. The maximum atomic E-state index is 11.3. The maximum absolute atomic E-state index is 11.3. The van der Waals surface area contributed by atoms with Crippen LogP contribution in [0.1, 0.15) is 41.0 Å². The van der Waals surface area contributed by atoms with Gasteiger partial charge in [-0.15, -0.1) is 0 Å². The van der Waals surface area contributed by atoms with Gasteiger partial charge in [0, 0.05) is 20.2 Å². The summed E-state index contributed by atoms with van der Waals surface area (Å²) in [6, 6.07) is 0. The normalized spacial score (nSPS) is 18.2. The Labute approximate surface area is 122 Å². The van der Waals surface area contributed by atoms with Crippen LogP contribution < -0.4 is 4.90 Å². The number of carbonyl (C=O) groups is 1. The number of carboxylic acids is 1. The van der Waals surface area contributed by atoms with Crippen LogP contribution in [0.3, 0.4) is 0 Å². The highest BCUT2D eigenvalue weighted by Crippen LogP contribution is 2.37. The second-order valence-corrected chi connectivity index (χ2v) is 6.78. The molecule has 0 unspecified atom stereocenters. The molecule has 110 valence electrons. The van der Waals surface area contributed by atoms with Gasteiger partial charge in [0.15, 0.2) is 5.13 Å². The van der Waals surface area contributed by atoms with Crippen LogP contribution in [0.15, 0.2) is 0 Å². The third kappa shape index (κ3) is 3.30. The smallest absolute Gasteiger partial charge is 0.347 e. The fourth-order valence-corrected chi connectivity index (χ4v) is 3.26. The first-order chi connectivity index (χ1) is 9.67. The number of rotatable bonds is 8. The Bertz CT molecular complexity index is 481. The van der Waals surface area contributed by atoms with Crippen molar-refractivity contribution < 1.29 is 14.6 Å². The van der Waals surface area contributed by atoms with E-state index in [0.717, 1.165) is 30.1 Å². The number of aromatic carboxylic acids is 1. The number of thiazole rings is 1. The van der Waals surface area contributed by atoms with E-state index in [9.17, 15) is 9.90 Å². The number of aromatic nitrogens is 1. The van der Waals surface area contributed by atoms with Crippen LogP contribution in [-0.2, 0) is 11.3 Å². The number of anilines is 1. The molecule has 2 aliphatic rings. The molecule has 2 aliphatic carbocycles. The molecule has 1 aromatic rings. The Kier molecular flexibility index (Phi) is 3.94. The fraction of sp³-hybridized carbons (Fsp3) is 0.714. The van der Waals surface area contributed by atoms with Crippen molar-refractivity contribution >= 4 is 22.4 Å². The number of hydrogen-bond acceptors (Lipinski definition) is 5. The second-order valence-electron chi connectivity index (χ2n) is 5.80. The Morgan fingerprint density at radius 1 is 1.35 bits per heavy atom. The maximum Gasteiger partial charge on any atom is 0.347 e. The predicted octanol–water partition coefficient (Wildman–Crippen LogP) is 2.61. The van der Waals surface area contributed by atoms with Gasteiger partial charge >= 0.3 is 5.97 Å². The Morgan fingerprint density at radius 2 is 1.95 bits per heavy atom. The van der Waals surface area contributed by atoms with E-state index in [1.807, 2.05) is 0 Å². The van der Waals surface area contributed by atoms with E-state index in [2.05, 4.69) is 9.88 Å². The molecular formula is C14H20N2O3S. The summed E-state index contributed by atoms with van der Waals surface area (Å²) in [6.45, 7) is 2.31. The van der Waals surface area contributed by atoms with E-state index in [4.69, 9.17) is 4.74 Å². The molecular weight excluding hydrogens is 276 g/mol. The topological polar surface area (TPSA) is 62.7 Å². The van der Waals surface area contributed by atoms with Crippen LogP contribution in [0, 0.1) is 11.8 Å². The molecule has 1 aromatic heterocycles. The first kappa shape index (κ1) is 13.8. The molecule has 0 aliphatic heterocycles. The van der Waals surface area contributed by atoms with Crippen molar-refractivity contribution in [3.05, 3.63) is 10.6 Å². The number of hydrogen-bond donors (Lipinski definition) is 1. The highest BCUT2D eigenvalue weighted by atomic mass is 32.1. The average Bonchev–Trinajstić information content (AvgIpc) is 3.32. The summed E-state index contributed by atoms with van der Waals surface area (Å²) in [7, 11) is 1.57. The van der Waals surface area contributed by atoms with Gasteiger partial charge in [-0.1, -0.05) is 11.3 Å². The van der Waals surface area contributed by atoms with Crippen LogP contribution in [0.4, 0.5) is 5.13 Å². The lowest BCUT2D eigenvalue weighted by Gasteiger charge is -2.21. The number of methoxy groups -OCH3 is 1. The molecule has 0 radical (unpaired) electrons. The summed E-state index contributed by atoms with van der Waals surface area (Å²) in [5, 5.41) is 10.1. The summed E-state index contributed by atoms with van der Waals surface area (Å²) in [5.41, 5.74) is 0.552. The summed E-state index contributed by atoms with van der Waals surface area (Å²) < 4.78 is 5.06. The van der Waals surface area contributed by atoms with Crippen molar-refractivity contribution in [2.75, 3.05) is 25.1 Å². The molecule has 0 bridgehead atoms. The fourth-order valence-electron chi connectivity index (χ4n) is 2.33. The molecule has 0 spiro atoms. The van der Waals surface area contributed by atoms with Gasteiger partial charge in [0.25, 0.3) is 0 Å². The van der Waals surface area contributed by atoms with Gasteiger partial charge in [-0.25, -0.2) is 9.78 Å². The minimum absolute atomic E-state index is 0.263. The molecule has 5 nitrogen and oxygen atoms in total. The molecule has 0 atom stereocenters. The molecule has 2 fully saturated rings. The molecule has 0 aromatic carbocycles. The lowest BCUT2D eigenvalue weighted by Crippen LogP contribution is -2.27. The Balaban J connectivity index is 1.80. The van der Waals surface area contributed by atoms with Gasteiger partial charge in [-0.05, 0) is 37.5 Å². The van der Waals surface area contributed by atoms with Gasteiger partial charge in [-0.3, -0.25) is 0 Å². The quantitative estimate of drug-likeness (QED) is 0.799. The van der Waals surface area contributed by atoms with Gasteiger partial charge < -0.3 is 14.7 Å². The third-order valence-corrected chi connectivity index (χ3v) is 4.93. The zero-order chi connectivity index (χ0) is 14.1. The number of carboxylic acid groups (broad SMARTS) is 1. The molecule has 1 heterocycles. The lowest BCUT2D eigenvalue weighted by molar-refractivity contribution is 0.0697. The van der Waals surface area contributed by atoms with Gasteiger partial charge in [0.2, 0.25) is 0 Å². The van der Waals surface area contributed by atoms with Crippen molar-refractivity contribution in [2.45, 2.75) is 32.3 Å². The highest BCUT2D eigenvalue weighted by Gasteiger charge is 2.31. The third-order valence-electron chi connectivity index (χ3n) is 3.78. The van der Waals surface area contributed by atoms with Gasteiger partial charge in [0.1, 0.15) is 4.88 Å². The Morgan fingerprint density at radius 3 is 2.40 bits per heavy atom. The number of nitrogens with zero attached hydrogens (tertiary/aromatic N) is 2. The van der Waals surface area contributed by atoms with Crippen LogP contribution >= 0.6 is 11.3 Å². The molecule has 6 heteroatoms. The van der Waals surface area contributed by atoms with Crippen molar-refractivity contribution in [1.82, 2.24) is 4.98 Å². The van der Waals surface area contributed by atoms with E-state index < -0.39 is 5.97 Å². The summed E-state index contributed by atoms with van der Waals surface area (Å²) in [6.07, 6.45) is 5.18. The Hall–Kier alpha value is -1.14. The van der Waals surface area contributed by atoms with Crippen molar-refractivity contribution in [3.63, 3.8) is 0 Å². The average molecular weight is 296 g/mol. The molecule has 0 amide bonds. The van der Waals surface area contributed by atoms with Crippen molar-refractivity contribution in [2.24, 2.45) is 11.8 Å². The second kappa shape index (κ2) is 5.69. The van der Waals surface area contributed by atoms with E-state index in [-0.39, 0.29) is 6.61 Å². The molecule has 3 rings (SSSR count). The minimum atomic E-state index is -0.904. The molecule has 0 saturated heterocycles. The first-order valence-corrected chi connectivity index (χ1v) is 7.96. The van der Waals surface area contributed by atoms with Crippen LogP contribution in [-0.4, -0.2) is 36.3 Å². The van der Waals surface area contributed by atoms with Crippen LogP contribution in [0.25, 0.3) is 0 Å².